The minimum absolute atomic E-state index is 0.153. The SMILES string of the molecule is O=C(O)C[C@H](Sc1ccc([N+](=O)[O-])cc1[N+](=O)[O-])C(=O)O. The van der Waals surface area contributed by atoms with Gasteiger partial charge in [0.2, 0.25) is 0 Å². The first-order chi connectivity index (χ1) is 9.72. The summed E-state index contributed by atoms with van der Waals surface area (Å²) in [7, 11) is 0. The molecule has 112 valence electrons. The average molecular weight is 316 g/mol. The lowest BCUT2D eigenvalue weighted by Gasteiger charge is -2.09. The van der Waals surface area contributed by atoms with Gasteiger partial charge in [-0.2, -0.15) is 0 Å². The second-order valence-electron chi connectivity index (χ2n) is 3.71. The lowest BCUT2D eigenvalue weighted by atomic mass is 10.3. The van der Waals surface area contributed by atoms with E-state index in [1.807, 2.05) is 0 Å². The van der Waals surface area contributed by atoms with E-state index in [-0.39, 0.29) is 4.90 Å². The van der Waals surface area contributed by atoms with Gasteiger partial charge in [0.15, 0.2) is 0 Å². The number of benzene rings is 1. The van der Waals surface area contributed by atoms with Gasteiger partial charge in [0, 0.05) is 6.07 Å². The number of nitrogens with zero attached hydrogens (tertiary/aromatic N) is 2. The molecule has 0 saturated carbocycles. The van der Waals surface area contributed by atoms with Gasteiger partial charge in [0.05, 0.1) is 27.2 Å². The van der Waals surface area contributed by atoms with Crippen LogP contribution < -0.4 is 0 Å². The van der Waals surface area contributed by atoms with Gasteiger partial charge in [0.25, 0.3) is 11.4 Å². The fourth-order valence-corrected chi connectivity index (χ4v) is 2.39. The first-order valence-corrected chi connectivity index (χ1v) is 6.14. The van der Waals surface area contributed by atoms with E-state index >= 15 is 0 Å². The Hall–Kier alpha value is -2.69. The summed E-state index contributed by atoms with van der Waals surface area (Å²) in [4.78, 5) is 41.1. The van der Waals surface area contributed by atoms with E-state index in [4.69, 9.17) is 10.2 Å². The Labute approximate surface area is 120 Å². The van der Waals surface area contributed by atoms with Gasteiger partial charge >= 0.3 is 11.9 Å². The number of hydrogen-bond donors (Lipinski definition) is 2. The highest BCUT2D eigenvalue weighted by atomic mass is 32.2. The molecule has 0 spiro atoms. The van der Waals surface area contributed by atoms with Gasteiger partial charge in [0.1, 0.15) is 5.25 Å². The molecule has 0 fully saturated rings. The number of carbonyl (C=O) groups is 2. The number of carboxylic acid groups (broad SMARTS) is 2. The molecule has 1 aromatic rings. The molecule has 0 amide bonds. The van der Waals surface area contributed by atoms with Gasteiger partial charge < -0.3 is 10.2 Å². The predicted octanol–water partition coefficient (Wildman–Crippen LogP) is 1.52. The summed E-state index contributed by atoms with van der Waals surface area (Å²) in [6, 6.07) is 2.70. The molecule has 0 bridgehead atoms. The van der Waals surface area contributed by atoms with Crippen molar-refractivity contribution in [2.75, 3.05) is 0 Å². The number of carboxylic acids is 2. The number of aliphatic carboxylic acids is 2. The van der Waals surface area contributed by atoms with Gasteiger partial charge in [-0.25, -0.2) is 0 Å². The molecule has 0 aliphatic carbocycles. The van der Waals surface area contributed by atoms with E-state index in [1.165, 1.54) is 0 Å². The van der Waals surface area contributed by atoms with E-state index in [2.05, 4.69) is 0 Å². The molecule has 1 rings (SSSR count). The zero-order valence-electron chi connectivity index (χ0n) is 10.2. The second-order valence-corrected chi connectivity index (χ2v) is 4.95. The van der Waals surface area contributed by atoms with Crippen molar-refractivity contribution in [1.29, 1.82) is 0 Å². The molecular weight excluding hydrogens is 308 g/mol. The quantitative estimate of drug-likeness (QED) is 0.431. The number of rotatable bonds is 7. The van der Waals surface area contributed by atoms with Crippen molar-refractivity contribution in [3.63, 3.8) is 0 Å². The smallest absolute Gasteiger partial charge is 0.317 e. The summed E-state index contributed by atoms with van der Waals surface area (Å²) in [6.07, 6.45) is -0.742. The molecule has 2 N–H and O–H groups in total. The van der Waals surface area contributed by atoms with Crippen LogP contribution in [0.4, 0.5) is 11.4 Å². The number of nitro groups is 2. The van der Waals surface area contributed by atoms with Crippen LogP contribution in [0.3, 0.4) is 0 Å². The first kappa shape index (κ1) is 16.4. The van der Waals surface area contributed by atoms with Crippen molar-refractivity contribution in [1.82, 2.24) is 0 Å². The maximum atomic E-state index is 10.9. The third kappa shape index (κ3) is 4.42. The molecule has 0 aliphatic rings. The minimum atomic E-state index is -1.45. The summed E-state index contributed by atoms with van der Waals surface area (Å²) in [5, 5.41) is 37.5. The highest BCUT2D eigenvalue weighted by Crippen LogP contribution is 2.35. The van der Waals surface area contributed by atoms with Crippen LogP contribution >= 0.6 is 11.8 Å². The fourth-order valence-electron chi connectivity index (χ4n) is 1.35. The molecule has 1 atom stereocenters. The van der Waals surface area contributed by atoms with Crippen LogP contribution in [0.1, 0.15) is 6.42 Å². The lowest BCUT2D eigenvalue weighted by molar-refractivity contribution is -0.396. The molecule has 11 heteroatoms. The van der Waals surface area contributed by atoms with E-state index in [1.54, 1.807) is 0 Å². The Kier molecular flexibility index (Phi) is 5.18. The maximum absolute atomic E-state index is 10.9. The molecule has 0 aromatic heterocycles. The van der Waals surface area contributed by atoms with Gasteiger partial charge in [-0.05, 0) is 6.07 Å². The lowest BCUT2D eigenvalue weighted by Crippen LogP contribution is -2.20. The largest absolute Gasteiger partial charge is 0.481 e. The molecule has 0 unspecified atom stereocenters. The molecule has 1 aromatic carbocycles. The van der Waals surface area contributed by atoms with E-state index in [0.717, 1.165) is 12.1 Å². The summed E-state index contributed by atoms with van der Waals surface area (Å²) in [5.41, 5.74) is -1.16. The van der Waals surface area contributed by atoms with Crippen molar-refractivity contribution in [3.05, 3.63) is 38.4 Å². The Balaban J connectivity index is 3.16. The Morgan fingerprint density at radius 3 is 2.24 bits per heavy atom. The molecule has 0 heterocycles. The summed E-state index contributed by atoms with van der Waals surface area (Å²) < 4.78 is 0. The summed E-state index contributed by atoms with van der Waals surface area (Å²) >= 11 is 0.456. The molecule has 0 radical (unpaired) electrons. The standard InChI is InChI=1S/C10H8N2O8S/c13-9(14)4-8(10(15)16)21-7-2-1-5(11(17)18)3-6(7)12(19)20/h1-3,8H,4H2,(H,13,14)(H,15,16)/t8-/m0/s1. The summed E-state index contributed by atoms with van der Waals surface area (Å²) in [6.45, 7) is 0. The molecule has 10 nitrogen and oxygen atoms in total. The third-order valence-electron chi connectivity index (χ3n) is 2.25. The summed E-state index contributed by atoms with van der Waals surface area (Å²) in [5.74, 6) is -2.82. The number of nitro benzene ring substituents is 2. The normalized spacial score (nSPS) is 11.6. The fraction of sp³-hybridized carbons (Fsp3) is 0.200. The Bertz CT molecular complexity index is 617. The predicted molar refractivity (Wildman–Crippen MR) is 69.3 cm³/mol. The highest BCUT2D eigenvalue weighted by Gasteiger charge is 2.27. The zero-order valence-corrected chi connectivity index (χ0v) is 11.0. The monoisotopic (exact) mass is 316 g/mol. The zero-order chi connectivity index (χ0) is 16.2. The van der Waals surface area contributed by atoms with Crippen LogP contribution in [-0.4, -0.2) is 37.2 Å². The van der Waals surface area contributed by atoms with Crippen LogP contribution in [0.5, 0.6) is 0 Å². The van der Waals surface area contributed by atoms with Crippen molar-refractivity contribution < 1.29 is 29.6 Å². The van der Waals surface area contributed by atoms with E-state index < -0.39 is 44.8 Å². The van der Waals surface area contributed by atoms with Crippen LogP contribution in [0.25, 0.3) is 0 Å². The second kappa shape index (κ2) is 6.65. The number of hydrogen-bond acceptors (Lipinski definition) is 7. The highest BCUT2D eigenvalue weighted by molar-refractivity contribution is 8.00. The topological polar surface area (TPSA) is 161 Å². The Morgan fingerprint density at radius 2 is 1.81 bits per heavy atom. The van der Waals surface area contributed by atoms with Gasteiger partial charge in [-0.1, -0.05) is 0 Å². The van der Waals surface area contributed by atoms with Crippen molar-refractivity contribution >= 4 is 35.1 Å². The average Bonchev–Trinajstić information content (AvgIpc) is 2.37. The van der Waals surface area contributed by atoms with Crippen molar-refractivity contribution in [2.45, 2.75) is 16.6 Å². The number of thioether (sulfide) groups is 1. The maximum Gasteiger partial charge on any atom is 0.317 e. The molecule has 0 saturated heterocycles. The van der Waals surface area contributed by atoms with Crippen LogP contribution in [-0.2, 0) is 9.59 Å². The first-order valence-electron chi connectivity index (χ1n) is 5.26. The van der Waals surface area contributed by atoms with E-state index in [0.29, 0.717) is 17.8 Å². The number of non-ortho nitro benzene ring substituents is 1. The molecule has 0 aliphatic heterocycles. The third-order valence-corrected chi connectivity index (χ3v) is 3.51. The van der Waals surface area contributed by atoms with Crippen LogP contribution in [0.15, 0.2) is 23.1 Å². The van der Waals surface area contributed by atoms with E-state index in [9.17, 15) is 29.8 Å². The van der Waals surface area contributed by atoms with Gasteiger partial charge in [-0.3, -0.25) is 29.8 Å². The Morgan fingerprint density at radius 1 is 1.19 bits per heavy atom. The molecule has 21 heavy (non-hydrogen) atoms. The molecular formula is C10H8N2O8S. The van der Waals surface area contributed by atoms with Crippen LogP contribution in [0.2, 0.25) is 0 Å². The minimum Gasteiger partial charge on any atom is -0.481 e. The van der Waals surface area contributed by atoms with Gasteiger partial charge in [-0.15, -0.1) is 11.8 Å². The van der Waals surface area contributed by atoms with Crippen molar-refractivity contribution in [3.8, 4) is 0 Å². The van der Waals surface area contributed by atoms with Crippen molar-refractivity contribution in [2.24, 2.45) is 0 Å². The van der Waals surface area contributed by atoms with Crippen LogP contribution in [0, 0.1) is 20.2 Å².